The van der Waals surface area contributed by atoms with E-state index in [4.69, 9.17) is 0 Å². The molecule has 0 aromatic heterocycles. The molecule has 1 aromatic carbocycles. The Morgan fingerprint density at radius 3 is 2.50 bits per heavy atom. The monoisotopic (exact) mass is 294 g/mol. The van der Waals surface area contributed by atoms with Gasteiger partial charge < -0.3 is 5.32 Å². The lowest BCUT2D eigenvalue weighted by Gasteiger charge is -2.25. The van der Waals surface area contributed by atoms with Crippen molar-refractivity contribution in [3.63, 3.8) is 0 Å². The zero-order valence-electron chi connectivity index (χ0n) is 11.7. The first-order valence-corrected chi connectivity index (χ1v) is 9.03. The number of nitrogens with one attached hydrogen (secondary N) is 1. The summed E-state index contributed by atoms with van der Waals surface area (Å²) in [6.45, 7) is 1.65. The first-order valence-electron chi connectivity index (χ1n) is 7.42. The van der Waals surface area contributed by atoms with Gasteiger partial charge in [-0.1, -0.05) is 30.3 Å². The third-order valence-corrected chi connectivity index (χ3v) is 5.93. The van der Waals surface area contributed by atoms with E-state index in [9.17, 15) is 8.42 Å². The Kier molecular flexibility index (Phi) is 4.10. The molecule has 1 aromatic rings. The summed E-state index contributed by atoms with van der Waals surface area (Å²) in [6, 6.07) is 10.0. The summed E-state index contributed by atoms with van der Waals surface area (Å²) in [4.78, 5) is 0. The van der Waals surface area contributed by atoms with E-state index in [0.29, 0.717) is 12.6 Å². The molecule has 0 bridgehead atoms. The second-order valence-electron chi connectivity index (χ2n) is 5.84. The van der Waals surface area contributed by atoms with E-state index in [-0.39, 0.29) is 11.8 Å². The van der Waals surface area contributed by atoms with Gasteiger partial charge in [-0.25, -0.2) is 8.42 Å². The highest BCUT2D eigenvalue weighted by Crippen LogP contribution is 2.31. The van der Waals surface area contributed by atoms with Gasteiger partial charge in [0.1, 0.15) is 0 Å². The van der Waals surface area contributed by atoms with Gasteiger partial charge in [0.15, 0.2) is 0 Å². The van der Waals surface area contributed by atoms with Crippen LogP contribution in [0.5, 0.6) is 0 Å². The Labute approximate surface area is 121 Å². The van der Waals surface area contributed by atoms with Crippen molar-refractivity contribution in [2.24, 2.45) is 0 Å². The van der Waals surface area contributed by atoms with Gasteiger partial charge in [0.25, 0.3) is 0 Å². The topological polar surface area (TPSA) is 49.4 Å². The summed E-state index contributed by atoms with van der Waals surface area (Å²) in [6.07, 6.45) is 4.27. The second kappa shape index (κ2) is 5.84. The molecule has 1 aliphatic heterocycles. The van der Waals surface area contributed by atoms with Crippen molar-refractivity contribution in [2.75, 3.05) is 13.1 Å². The summed E-state index contributed by atoms with van der Waals surface area (Å²) in [5.41, 5.74) is 0.873. The van der Waals surface area contributed by atoms with Gasteiger partial charge in [-0.15, -0.1) is 0 Å². The van der Waals surface area contributed by atoms with Crippen LogP contribution in [0.15, 0.2) is 30.3 Å². The highest BCUT2D eigenvalue weighted by atomic mass is 32.2. The van der Waals surface area contributed by atoms with E-state index in [1.54, 1.807) is 4.31 Å². The molecule has 0 spiro atoms. The van der Waals surface area contributed by atoms with E-state index in [2.05, 4.69) is 5.32 Å². The van der Waals surface area contributed by atoms with Gasteiger partial charge in [0, 0.05) is 18.6 Å². The van der Waals surface area contributed by atoms with Crippen LogP contribution in [0.3, 0.4) is 0 Å². The van der Waals surface area contributed by atoms with Crippen molar-refractivity contribution in [3.05, 3.63) is 35.9 Å². The Hall–Kier alpha value is -0.910. The SMILES string of the molecule is O=S(=O)(Cc1ccccc1)N(CC1CCCN1)C1CC1. The fraction of sp³-hybridized carbons (Fsp3) is 0.600. The van der Waals surface area contributed by atoms with Crippen LogP contribution < -0.4 is 5.32 Å². The molecule has 1 atom stereocenters. The summed E-state index contributed by atoms with van der Waals surface area (Å²) < 4.78 is 27.1. The third kappa shape index (κ3) is 3.40. The molecule has 3 rings (SSSR count). The molecule has 1 aliphatic carbocycles. The molecule has 1 N–H and O–H groups in total. The first kappa shape index (κ1) is 14.0. The van der Waals surface area contributed by atoms with Gasteiger partial charge in [0.2, 0.25) is 10.0 Å². The average Bonchev–Trinajstić information content (AvgIpc) is 3.12. The van der Waals surface area contributed by atoms with Gasteiger partial charge in [0.05, 0.1) is 5.75 Å². The van der Waals surface area contributed by atoms with E-state index in [1.807, 2.05) is 30.3 Å². The summed E-state index contributed by atoms with van der Waals surface area (Å²) in [5, 5.41) is 3.40. The zero-order valence-corrected chi connectivity index (χ0v) is 12.5. The number of nitrogens with zero attached hydrogens (tertiary/aromatic N) is 1. The van der Waals surface area contributed by atoms with Crippen molar-refractivity contribution in [1.82, 2.24) is 9.62 Å². The fourth-order valence-electron chi connectivity index (χ4n) is 2.85. The van der Waals surface area contributed by atoms with Gasteiger partial charge in [-0.3, -0.25) is 0 Å². The molecule has 2 aliphatic rings. The molecule has 5 heteroatoms. The maximum atomic E-state index is 12.7. The minimum Gasteiger partial charge on any atom is -0.313 e. The highest BCUT2D eigenvalue weighted by Gasteiger charge is 2.38. The smallest absolute Gasteiger partial charge is 0.218 e. The van der Waals surface area contributed by atoms with Crippen molar-refractivity contribution in [3.8, 4) is 0 Å². The van der Waals surface area contributed by atoms with Crippen LogP contribution in [0.4, 0.5) is 0 Å². The molecule has 4 nitrogen and oxygen atoms in total. The first-order chi connectivity index (χ1) is 9.65. The molecule has 1 saturated carbocycles. The normalized spacial score (nSPS) is 23.4. The Morgan fingerprint density at radius 2 is 1.90 bits per heavy atom. The Morgan fingerprint density at radius 1 is 1.15 bits per heavy atom. The minimum atomic E-state index is -3.21. The van der Waals surface area contributed by atoms with Crippen LogP contribution in [0.2, 0.25) is 0 Å². The minimum absolute atomic E-state index is 0.122. The van der Waals surface area contributed by atoms with Crippen LogP contribution in [-0.2, 0) is 15.8 Å². The lowest BCUT2D eigenvalue weighted by Crippen LogP contribution is -2.42. The number of sulfonamides is 1. The van der Waals surface area contributed by atoms with Crippen LogP contribution >= 0.6 is 0 Å². The zero-order chi connectivity index (χ0) is 14.0. The van der Waals surface area contributed by atoms with Gasteiger partial charge in [-0.05, 0) is 37.8 Å². The molecule has 2 fully saturated rings. The molecule has 20 heavy (non-hydrogen) atoms. The molecular weight excluding hydrogens is 272 g/mol. The van der Waals surface area contributed by atoms with Gasteiger partial charge >= 0.3 is 0 Å². The predicted octanol–water partition coefficient (Wildman–Crippen LogP) is 1.73. The molecule has 0 amide bonds. The molecule has 1 saturated heterocycles. The number of rotatable bonds is 6. The van der Waals surface area contributed by atoms with Crippen LogP contribution in [0.1, 0.15) is 31.2 Å². The molecule has 1 unspecified atom stereocenters. The second-order valence-corrected chi connectivity index (χ2v) is 7.76. The fourth-order valence-corrected chi connectivity index (χ4v) is 4.70. The molecule has 0 radical (unpaired) electrons. The third-order valence-electron chi connectivity index (χ3n) is 4.07. The summed E-state index contributed by atoms with van der Waals surface area (Å²) >= 11 is 0. The van der Waals surface area contributed by atoms with Crippen molar-refractivity contribution < 1.29 is 8.42 Å². The number of hydrogen-bond acceptors (Lipinski definition) is 3. The molecule has 1 heterocycles. The van der Waals surface area contributed by atoms with Crippen LogP contribution in [-0.4, -0.2) is 37.9 Å². The number of benzene rings is 1. The van der Waals surface area contributed by atoms with Crippen molar-refractivity contribution in [2.45, 2.75) is 43.5 Å². The largest absolute Gasteiger partial charge is 0.313 e. The molecular formula is C15H22N2O2S. The average molecular weight is 294 g/mol. The highest BCUT2D eigenvalue weighted by molar-refractivity contribution is 7.88. The number of hydrogen-bond donors (Lipinski definition) is 1. The van der Waals surface area contributed by atoms with Crippen LogP contribution in [0, 0.1) is 0 Å². The van der Waals surface area contributed by atoms with Crippen LogP contribution in [0.25, 0.3) is 0 Å². The predicted molar refractivity (Wildman–Crippen MR) is 79.8 cm³/mol. The lowest BCUT2D eigenvalue weighted by atomic mass is 10.2. The van der Waals surface area contributed by atoms with E-state index in [0.717, 1.165) is 37.8 Å². The summed E-state index contributed by atoms with van der Waals surface area (Å²) in [5.74, 6) is 0.122. The van der Waals surface area contributed by atoms with E-state index < -0.39 is 10.0 Å². The van der Waals surface area contributed by atoms with E-state index in [1.165, 1.54) is 0 Å². The summed E-state index contributed by atoms with van der Waals surface area (Å²) in [7, 11) is -3.21. The van der Waals surface area contributed by atoms with Gasteiger partial charge in [-0.2, -0.15) is 4.31 Å². The van der Waals surface area contributed by atoms with Crippen molar-refractivity contribution in [1.29, 1.82) is 0 Å². The standard InChI is InChI=1S/C15H22N2O2S/c18-20(19,12-13-5-2-1-3-6-13)17(15-8-9-15)11-14-7-4-10-16-14/h1-3,5-6,14-16H,4,7-12H2. The lowest BCUT2D eigenvalue weighted by molar-refractivity contribution is 0.362. The quantitative estimate of drug-likeness (QED) is 0.869. The Bertz CT molecular complexity index is 534. The maximum absolute atomic E-state index is 12.7. The molecule has 110 valence electrons. The van der Waals surface area contributed by atoms with Crippen molar-refractivity contribution >= 4 is 10.0 Å². The maximum Gasteiger partial charge on any atom is 0.218 e. The van der Waals surface area contributed by atoms with E-state index >= 15 is 0 Å². The Balaban J connectivity index is 1.72.